The molecule has 134 valence electrons. The molecule has 1 amide bonds. The number of carboxylic acids is 1. The molecule has 2 unspecified atom stereocenters. The maximum Gasteiger partial charge on any atom is 0.408 e. The van der Waals surface area contributed by atoms with Crippen LogP contribution in [0, 0.1) is 0 Å². The van der Waals surface area contributed by atoms with Crippen molar-refractivity contribution in [2.24, 2.45) is 0 Å². The SMILES string of the molecule is CC(C)(C)OC(=O)NC(CC1(F)C(=C=O)Nc2ccccc21)C(=O)O. The van der Waals surface area contributed by atoms with Crippen molar-refractivity contribution in [2.75, 3.05) is 5.32 Å². The molecule has 1 aromatic rings. The van der Waals surface area contributed by atoms with Gasteiger partial charge in [-0.3, -0.25) is 0 Å². The number of ether oxygens (including phenoxy) is 1. The molecule has 0 bridgehead atoms. The van der Waals surface area contributed by atoms with E-state index in [-0.39, 0.29) is 5.56 Å². The monoisotopic (exact) mass is 350 g/mol. The van der Waals surface area contributed by atoms with Crippen molar-refractivity contribution in [3.05, 3.63) is 35.5 Å². The van der Waals surface area contributed by atoms with Gasteiger partial charge in [0.25, 0.3) is 0 Å². The second-order valence-corrected chi connectivity index (χ2v) is 6.69. The zero-order valence-corrected chi connectivity index (χ0v) is 14.1. The summed E-state index contributed by atoms with van der Waals surface area (Å²) in [5.74, 6) is 0.0342. The van der Waals surface area contributed by atoms with E-state index in [1.165, 1.54) is 12.0 Å². The number of carbonyl (C=O) groups excluding carboxylic acids is 2. The number of fused-ring (bicyclic) bond motifs is 1. The van der Waals surface area contributed by atoms with Crippen LogP contribution in [0.3, 0.4) is 0 Å². The molecule has 1 aliphatic heterocycles. The Kier molecular flexibility index (Phi) is 4.85. The van der Waals surface area contributed by atoms with E-state index in [9.17, 15) is 19.5 Å². The van der Waals surface area contributed by atoms with Gasteiger partial charge in [0.2, 0.25) is 0 Å². The Labute approximate surface area is 143 Å². The summed E-state index contributed by atoms with van der Waals surface area (Å²) in [6.45, 7) is 4.84. The first kappa shape index (κ1) is 18.5. The minimum atomic E-state index is -2.41. The van der Waals surface area contributed by atoms with Gasteiger partial charge >= 0.3 is 12.1 Å². The van der Waals surface area contributed by atoms with Crippen molar-refractivity contribution in [3.8, 4) is 0 Å². The van der Waals surface area contributed by atoms with Gasteiger partial charge in [-0.1, -0.05) is 18.2 Å². The van der Waals surface area contributed by atoms with E-state index in [0.717, 1.165) is 0 Å². The number of nitrogens with one attached hydrogen (secondary N) is 2. The van der Waals surface area contributed by atoms with Crippen molar-refractivity contribution < 1.29 is 28.6 Å². The molecule has 0 saturated heterocycles. The summed E-state index contributed by atoms with van der Waals surface area (Å²) in [4.78, 5) is 34.4. The summed E-state index contributed by atoms with van der Waals surface area (Å²) < 4.78 is 20.6. The van der Waals surface area contributed by atoms with Gasteiger partial charge in [-0.2, -0.15) is 0 Å². The highest BCUT2D eigenvalue weighted by molar-refractivity contribution is 5.82. The molecule has 0 saturated carbocycles. The van der Waals surface area contributed by atoms with Crippen LogP contribution in [0.25, 0.3) is 0 Å². The normalized spacial score (nSPS) is 20.1. The fraction of sp³-hybridized carbons (Fsp3) is 0.412. The minimum Gasteiger partial charge on any atom is -0.480 e. The predicted molar refractivity (Wildman–Crippen MR) is 87.5 cm³/mol. The van der Waals surface area contributed by atoms with Crippen molar-refractivity contribution in [1.29, 1.82) is 0 Å². The Morgan fingerprint density at radius 2 is 2.04 bits per heavy atom. The molecule has 2 rings (SSSR count). The van der Waals surface area contributed by atoms with Crippen LogP contribution in [0.2, 0.25) is 0 Å². The molecular weight excluding hydrogens is 331 g/mol. The Morgan fingerprint density at radius 1 is 1.40 bits per heavy atom. The van der Waals surface area contributed by atoms with Crippen molar-refractivity contribution in [2.45, 2.75) is 44.5 Å². The third kappa shape index (κ3) is 3.97. The highest BCUT2D eigenvalue weighted by atomic mass is 19.1. The van der Waals surface area contributed by atoms with Gasteiger partial charge < -0.3 is 20.5 Å². The molecule has 1 aliphatic rings. The largest absolute Gasteiger partial charge is 0.480 e. The smallest absolute Gasteiger partial charge is 0.408 e. The first-order chi connectivity index (χ1) is 11.6. The molecule has 2 atom stereocenters. The molecule has 0 radical (unpaired) electrons. The Bertz CT molecular complexity index is 752. The molecule has 1 aromatic carbocycles. The number of carbonyl (C=O) groups is 2. The van der Waals surface area contributed by atoms with Crippen LogP contribution in [-0.2, 0) is 20.0 Å². The quantitative estimate of drug-likeness (QED) is 0.720. The summed E-state index contributed by atoms with van der Waals surface area (Å²) in [6.07, 6.45) is -1.67. The number of benzene rings is 1. The number of aliphatic carboxylic acids is 1. The lowest BCUT2D eigenvalue weighted by molar-refractivity contribution is -0.140. The van der Waals surface area contributed by atoms with Crippen LogP contribution in [0.15, 0.2) is 30.0 Å². The number of para-hydroxylation sites is 1. The standard InChI is InChI=1S/C17H19FN2O5/c1-16(2,3)25-15(24)20-12(14(22)23)8-17(18)10-6-4-5-7-11(10)19-13(17)9-21/h4-7,12,19H,8H2,1-3H3,(H,20,24)(H,22,23). The number of rotatable bonds is 4. The molecule has 25 heavy (non-hydrogen) atoms. The van der Waals surface area contributed by atoms with Crippen LogP contribution >= 0.6 is 0 Å². The van der Waals surface area contributed by atoms with Gasteiger partial charge in [-0.15, -0.1) is 0 Å². The summed E-state index contributed by atoms with van der Waals surface area (Å²) in [7, 11) is 0. The average molecular weight is 350 g/mol. The lowest BCUT2D eigenvalue weighted by Crippen LogP contribution is -2.46. The van der Waals surface area contributed by atoms with Crippen LogP contribution in [-0.4, -0.2) is 34.8 Å². The van der Waals surface area contributed by atoms with Crippen LogP contribution < -0.4 is 10.6 Å². The number of halogens is 1. The number of alkyl halides is 1. The van der Waals surface area contributed by atoms with Crippen LogP contribution in [0.1, 0.15) is 32.8 Å². The number of alkyl carbamates (subject to hydrolysis) is 1. The zero-order valence-electron chi connectivity index (χ0n) is 14.1. The van der Waals surface area contributed by atoms with E-state index < -0.39 is 41.5 Å². The third-order valence-corrected chi connectivity index (χ3v) is 3.59. The maximum absolute atomic E-state index is 15.6. The van der Waals surface area contributed by atoms with E-state index in [1.54, 1.807) is 39.0 Å². The maximum atomic E-state index is 15.6. The topological polar surface area (TPSA) is 105 Å². The fourth-order valence-corrected chi connectivity index (χ4v) is 2.56. The number of anilines is 1. The van der Waals surface area contributed by atoms with Gasteiger partial charge in [-0.25, -0.2) is 18.8 Å². The number of allylic oxidation sites excluding steroid dienone is 1. The molecule has 0 spiro atoms. The second-order valence-electron chi connectivity index (χ2n) is 6.69. The van der Waals surface area contributed by atoms with Crippen molar-refractivity contribution >= 4 is 23.7 Å². The van der Waals surface area contributed by atoms with Crippen molar-refractivity contribution in [1.82, 2.24) is 5.32 Å². The van der Waals surface area contributed by atoms with Gasteiger partial charge in [0.05, 0.1) is 0 Å². The Morgan fingerprint density at radius 3 is 2.60 bits per heavy atom. The van der Waals surface area contributed by atoms with Crippen LogP contribution in [0.4, 0.5) is 14.9 Å². The summed E-state index contributed by atoms with van der Waals surface area (Å²) >= 11 is 0. The molecule has 3 N–H and O–H groups in total. The highest BCUT2D eigenvalue weighted by Gasteiger charge is 2.48. The van der Waals surface area contributed by atoms with Crippen molar-refractivity contribution in [3.63, 3.8) is 0 Å². The number of amides is 1. The van der Waals surface area contributed by atoms with E-state index in [2.05, 4.69) is 10.6 Å². The lowest BCUT2D eigenvalue weighted by atomic mass is 9.88. The Balaban J connectivity index is 2.28. The molecule has 7 nitrogen and oxygen atoms in total. The summed E-state index contributed by atoms with van der Waals surface area (Å²) in [6, 6.07) is 4.62. The second kappa shape index (κ2) is 6.57. The predicted octanol–water partition coefficient (Wildman–Crippen LogP) is 2.36. The first-order valence-corrected chi connectivity index (χ1v) is 7.60. The summed E-state index contributed by atoms with van der Waals surface area (Å²) in [5, 5.41) is 14.1. The molecule has 0 aliphatic carbocycles. The van der Waals surface area contributed by atoms with E-state index >= 15 is 4.39 Å². The van der Waals surface area contributed by atoms with E-state index in [1.807, 2.05) is 0 Å². The minimum absolute atomic E-state index is 0.116. The highest BCUT2D eigenvalue weighted by Crippen LogP contribution is 2.46. The van der Waals surface area contributed by atoms with Gasteiger partial charge in [0, 0.05) is 17.7 Å². The fourth-order valence-electron chi connectivity index (χ4n) is 2.56. The number of hydrogen-bond donors (Lipinski definition) is 3. The molecule has 8 heteroatoms. The third-order valence-electron chi connectivity index (χ3n) is 3.59. The summed E-state index contributed by atoms with van der Waals surface area (Å²) in [5.41, 5.74) is -3.20. The lowest BCUT2D eigenvalue weighted by Gasteiger charge is -2.26. The van der Waals surface area contributed by atoms with Gasteiger partial charge in [0.1, 0.15) is 23.3 Å². The molecule has 0 fully saturated rings. The van der Waals surface area contributed by atoms with E-state index in [4.69, 9.17) is 4.74 Å². The Hall–Kier alpha value is -2.86. The average Bonchev–Trinajstić information content (AvgIpc) is 2.77. The number of carboxylic acid groups (broad SMARTS) is 1. The van der Waals surface area contributed by atoms with Gasteiger partial charge in [0.15, 0.2) is 5.67 Å². The van der Waals surface area contributed by atoms with E-state index in [0.29, 0.717) is 5.69 Å². The number of hydrogen-bond acceptors (Lipinski definition) is 5. The van der Waals surface area contributed by atoms with Gasteiger partial charge in [-0.05, 0) is 26.8 Å². The first-order valence-electron chi connectivity index (χ1n) is 7.60. The zero-order chi connectivity index (χ0) is 18.8. The molecular formula is C17H19FN2O5. The van der Waals surface area contributed by atoms with Crippen LogP contribution in [0.5, 0.6) is 0 Å². The molecule has 1 heterocycles. The molecule has 0 aromatic heterocycles.